The lowest BCUT2D eigenvalue weighted by molar-refractivity contribution is -0.160. The number of imide groups is 1. The van der Waals surface area contributed by atoms with Gasteiger partial charge in [0.1, 0.15) is 5.92 Å². The monoisotopic (exact) mass is 335 g/mol. The molecule has 0 aromatic heterocycles. The van der Waals surface area contributed by atoms with Crippen LogP contribution >= 0.6 is 0 Å². The molecule has 1 aromatic rings. The summed E-state index contributed by atoms with van der Waals surface area (Å²) < 4.78 is 20.4. The van der Waals surface area contributed by atoms with Crippen LogP contribution in [0.5, 0.6) is 0 Å². The molecule has 2 amide bonds. The summed E-state index contributed by atoms with van der Waals surface area (Å²) in [5, 5.41) is 0. The number of hydrogen-bond acceptors (Lipinski definition) is 5. The Labute approximate surface area is 138 Å². The number of carbonyl (C=O) groups excluding carboxylic acids is 4. The Bertz CT molecular complexity index is 675. The van der Waals surface area contributed by atoms with E-state index in [1.807, 2.05) is 0 Å². The quantitative estimate of drug-likeness (QED) is 0.341. The van der Waals surface area contributed by atoms with Crippen LogP contribution in [-0.2, 0) is 19.1 Å². The van der Waals surface area contributed by atoms with Gasteiger partial charge in [-0.1, -0.05) is 30.3 Å². The number of halogens is 1. The molecular formula is C17H18FNO5. The van der Waals surface area contributed by atoms with E-state index < -0.39 is 41.6 Å². The third-order valence-corrected chi connectivity index (χ3v) is 3.98. The van der Waals surface area contributed by atoms with Crippen LogP contribution < -0.4 is 0 Å². The van der Waals surface area contributed by atoms with Crippen molar-refractivity contribution in [3.05, 3.63) is 35.9 Å². The molecule has 0 spiro atoms. The van der Waals surface area contributed by atoms with Crippen LogP contribution in [-0.4, -0.2) is 47.3 Å². The summed E-state index contributed by atoms with van der Waals surface area (Å²) in [5.41, 5.74) is -3.29. The van der Waals surface area contributed by atoms with E-state index in [4.69, 9.17) is 4.74 Å². The van der Waals surface area contributed by atoms with Gasteiger partial charge >= 0.3 is 5.97 Å². The van der Waals surface area contributed by atoms with Gasteiger partial charge in [0, 0.05) is 18.5 Å². The number of alkyl halides is 1. The molecule has 0 radical (unpaired) electrons. The van der Waals surface area contributed by atoms with Gasteiger partial charge in [0.25, 0.3) is 5.67 Å². The number of Topliss-reactive ketones (excluding diaryl/α,β-unsaturated/α-hetero) is 1. The predicted octanol–water partition coefficient (Wildman–Crippen LogP) is 1.54. The smallest absolute Gasteiger partial charge is 0.353 e. The van der Waals surface area contributed by atoms with Gasteiger partial charge in [0.2, 0.25) is 17.6 Å². The van der Waals surface area contributed by atoms with Crippen molar-refractivity contribution >= 4 is 23.6 Å². The fraction of sp³-hybridized carbons (Fsp3) is 0.412. The molecule has 0 aliphatic carbocycles. The number of esters is 1. The van der Waals surface area contributed by atoms with Gasteiger partial charge < -0.3 is 4.74 Å². The second-order valence-corrected chi connectivity index (χ2v) is 5.36. The molecule has 7 heteroatoms. The number of ketones is 1. The van der Waals surface area contributed by atoms with Crippen molar-refractivity contribution in [1.29, 1.82) is 0 Å². The van der Waals surface area contributed by atoms with E-state index in [9.17, 15) is 19.2 Å². The predicted molar refractivity (Wildman–Crippen MR) is 81.7 cm³/mol. The number of benzene rings is 1. The zero-order chi connectivity index (χ0) is 17.9. The molecule has 1 heterocycles. The van der Waals surface area contributed by atoms with Crippen molar-refractivity contribution < 1.29 is 28.3 Å². The summed E-state index contributed by atoms with van der Waals surface area (Å²) in [6.45, 7) is 2.91. The molecular weight excluding hydrogens is 317 g/mol. The van der Waals surface area contributed by atoms with E-state index in [2.05, 4.69) is 0 Å². The van der Waals surface area contributed by atoms with E-state index in [0.717, 1.165) is 4.90 Å². The first-order chi connectivity index (χ1) is 11.4. The molecule has 24 heavy (non-hydrogen) atoms. The molecule has 2 atom stereocenters. The van der Waals surface area contributed by atoms with Crippen LogP contribution in [0.3, 0.4) is 0 Å². The Morgan fingerprint density at radius 3 is 2.38 bits per heavy atom. The highest BCUT2D eigenvalue weighted by Crippen LogP contribution is 2.36. The lowest BCUT2D eigenvalue weighted by atomic mass is 9.81. The van der Waals surface area contributed by atoms with Gasteiger partial charge in [-0.15, -0.1) is 0 Å². The van der Waals surface area contributed by atoms with Crippen LogP contribution in [0.4, 0.5) is 4.39 Å². The summed E-state index contributed by atoms with van der Waals surface area (Å²) in [5.74, 6) is -5.81. The van der Waals surface area contributed by atoms with E-state index >= 15 is 4.39 Å². The SMILES string of the molecule is CCOC(=O)[C@](F)(C(=O)c1ccccc1)[C@@H]1CC(=O)N(CC)C1=O. The molecule has 0 bridgehead atoms. The topological polar surface area (TPSA) is 80.8 Å². The second kappa shape index (κ2) is 6.90. The Hall–Kier alpha value is -2.57. The minimum absolute atomic E-state index is 0.0482. The van der Waals surface area contributed by atoms with Crippen LogP contribution in [0.2, 0.25) is 0 Å². The molecule has 1 fully saturated rings. The second-order valence-electron chi connectivity index (χ2n) is 5.36. The highest BCUT2D eigenvalue weighted by Gasteiger charge is 2.61. The maximum absolute atomic E-state index is 15.7. The molecule has 1 aliphatic rings. The maximum atomic E-state index is 15.7. The van der Waals surface area contributed by atoms with Crippen LogP contribution in [0.1, 0.15) is 30.6 Å². The first kappa shape index (κ1) is 17.8. The van der Waals surface area contributed by atoms with Crippen LogP contribution in [0, 0.1) is 5.92 Å². The summed E-state index contributed by atoms with van der Waals surface area (Å²) in [4.78, 5) is 49.9. The van der Waals surface area contributed by atoms with Crippen LogP contribution in [0.25, 0.3) is 0 Å². The number of nitrogens with zero attached hydrogens (tertiary/aromatic N) is 1. The summed E-state index contributed by atoms with van der Waals surface area (Å²) in [7, 11) is 0. The molecule has 128 valence electrons. The molecule has 6 nitrogen and oxygen atoms in total. The Morgan fingerprint density at radius 1 is 1.25 bits per heavy atom. The molecule has 0 saturated carbocycles. The van der Waals surface area contributed by atoms with Crippen molar-refractivity contribution in [3.8, 4) is 0 Å². The number of rotatable bonds is 6. The highest BCUT2D eigenvalue weighted by atomic mass is 19.1. The zero-order valence-corrected chi connectivity index (χ0v) is 13.5. The van der Waals surface area contributed by atoms with E-state index in [0.29, 0.717) is 0 Å². The molecule has 0 unspecified atom stereocenters. The average molecular weight is 335 g/mol. The van der Waals surface area contributed by atoms with Gasteiger partial charge in [0.15, 0.2) is 0 Å². The van der Waals surface area contributed by atoms with Gasteiger partial charge in [0.05, 0.1) is 6.61 Å². The first-order valence-corrected chi connectivity index (χ1v) is 7.68. The molecule has 2 rings (SSSR count). The normalized spacial score (nSPS) is 20.0. The molecule has 1 aromatic carbocycles. The average Bonchev–Trinajstić information content (AvgIpc) is 2.88. The van der Waals surface area contributed by atoms with Crippen molar-refractivity contribution in [3.63, 3.8) is 0 Å². The van der Waals surface area contributed by atoms with E-state index in [1.54, 1.807) is 13.0 Å². The number of likely N-dealkylation sites (tertiary alicyclic amines) is 1. The molecule has 1 aliphatic heterocycles. The Kier molecular flexibility index (Phi) is 5.11. The van der Waals surface area contributed by atoms with Gasteiger partial charge in [-0.25, -0.2) is 9.18 Å². The third-order valence-electron chi connectivity index (χ3n) is 3.98. The number of ether oxygens (including phenoxy) is 1. The molecule has 0 N–H and O–H groups in total. The Morgan fingerprint density at radius 2 is 1.88 bits per heavy atom. The minimum atomic E-state index is -3.23. The van der Waals surface area contributed by atoms with Gasteiger partial charge in [-0.3, -0.25) is 19.3 Å². The first-order valence-electron chi connectivity index (χ1n) is 7.68. The van der Waals surface area contributed by atoms with Crippen molar-refractivity contribution in [1.82, 2.24) is 4.90 Å². The van der Waals surface area contributed by atoms with E-state index in [-0.39, 0.29) is 18.7 Å². The van der Waals surface area contributed by atoms with Crippen molar-refractivity contribution in [2.75, 3.05) is 13.2 Å². The summed E-state index contributed by atoms with van der Waals surface area (Å²) in [6.07, 6.45) is -0.541. The molecule has 1 saturated heterocycles. The van der Waals surface area contributed by atoms with Gasteiger partial charge in [-0.2, -0.15) is 0 Å². The lowest BCUT2D eigenvalue weighted by Crippen LogP contribution is -2.52. The standard InChI is InChI=1S/C17H18FNO5/c1-3-19-13(20)10-12(15(19)22)17(18,16(23)24-4-2)14(21)11-8-6-5-7-9-11/h5-9,12H,3-4,10H2,1-2H3/t12-,17-/m1/s1. The lowest BCUT2D eigenvalue weighted by Gasteiger charge is -2.26. The third kappa shape index (κ3) is 2.81. The zero-order valence-electron chi connectivity index (χ0n) is 13.5. The fourth-order valence-corrected chi connectivity index (χ4v) is 2.76. The highest BCUT2D eigenvalue weighted by molar-refractivity contribution is 6.20. The van der Waals surface area contributed by atoms with E-state index in [1.165, 1.54) is 31.2 Å². The number of carbonyl (C=O) groups is 4. The maximum Gasteiger partial charge on any atom is 0.353 e. The van der Waals surface area contributed by atoms with Crippen molar-refractivity contribution in [2.24, 2.45) is 5.92 Å². The fourth-order valence-electron chi connectivity index (χ4n) is 2.76. The number of amides is 2. The van der Waals surface area contributed by atoms with Crippen molar-refractivity contribution in [2.45, 2.75) is 25.9 Å². The Balaban J connectivity index is 2.49. The summed E-state index contributed by atoms with van der Waals surface area (Å²) in [6, 6.07) is 7.34. The number of hydrogen-bond donors (Lipinski definition) is 0. The summed E-state index contributed by atoms with van der Waals surface area (Å²) >= 11 is 0. The minimum Gasteiger partial charge on any atom is -0.463 e. The van der Waals surface area contributed by atoms with Gasteiger partial charge in [-0.05, 0) is 13.8 Å². The van der Waals surface area contributed by atoms with Crippen LogP contribution in [0.15, 0.2) is 30.3 Å². The largest absolute Gasteiger partial charge is 0.463 e.